The summed E-state index contributed by atoms with van der Waals surface area (Å²) in [5, 5.41) is 13.4. The van der Waals surface area contributed by atoms with Gasteiger partial charge in [-0.3, -0.25) is 0 Å². The van der Waals surface area contributed by atoms with Crippen molar-refractivity contribution in [1.29, 1.82) is 5.26 Å². The first-order valence-electron chi connectivity index (χ1n) is 6.64. The number of nitrogens with zero attached hydrogens (tertiary/aromatic N) is 2. The lowest BCUT2D eigenvalue weighted by molar-refractivity contribution is 0.530. The Morgan fingerprint density at radius 1 is 1.35 bits per heavy atom. The van der Waals surface area contributed by atoms with Crippen LogP contribution in [0.3, 0.4) is 0 Å². The van der Waals surface area contributed by atoms with E-state index >= 15 is 0 Å². The molecule has 0 aliphatic heterocycles. The third-order valence-corrected chi connectivity index (χ3v) is 4.91. The molecule has 102 valence electrons. The molecule has 3 rings (SSSR count). The van der Waals surface area contributed by atoms with Crippen molar-refractivity contribution in [3.63, 3.8) is 0 Å². The fourth-order valence-electron chi connectivity index (χ4n) is 2.73. The minimum absolute atomic E-state index is 0.299. The predicted molar refractivity (Wildman–Crippen MR) is 82.3 cm³/mol. The van der Waals surface area contributed by atoms with Gasteiger partial charge in [-0.1, -0.05) is 35.9 Å². The van der Waals surface area contributed by atoms with Gasteiger partial charge in [0.05, 0.1) is 0 Å². The maximum absolute atomic E-state index is 9.01. The van der Waals surface area contributed by atoms with Gasteiger partial charge in [0.2, 0.25) is 0 Å². The number of nitrogens with one attached hydrogen (secondary N) is 1. The SMILES string of the molecule is N#Cc1c(Cl)nsc1NCCC1Cc2ccccc2C1. The number of anilines is 1. The Morgan fingerprint density at radius 2 is 2.05 bits per heavy atom. The Labute approximate surface area is 127 Å². The third-order valence-electron chi connectivity index (χ3n) is 3.74. The number of hydrogen-bond donors (Lipinski definition) is 1. The van der Waals surface area contributed by atoms with Gasteiger partial charge in [-0.15, -0.1) is 0 Å². The minimum atomic E-state index is 0.299. The first kappa shape index (κ1) is 13.4. The summed E-state index contributed by atoms with van der Waals surface area (Å²) in [6.45, 7) is 0.853. The van der Waals surface area contributed by atoms with Crippen molar-refractivity contribution in [3.05, 3.63) is 46.1 Å². The van der Waals surface area contributed by atoms with Crippen molar-refractivity contribution in [2.24, 2.45) is 5.92 Å². The second kappa shape index (κ2) is 5.82. The molecule has 0 amide bonds. The standard InChI is InChI=1S/C15H14ClN3S/c16-14-13(9-17)15(20-19-14)18-6-5-10-7-11-3-1-2-4-12(11)8-10/h1-4,10,18H,5-8H2. The van der Waals surface area contributed by atoms with Crippen LogP contribution in [-0.4, -0.2) is 10.9 Å². The van der Waals surface area contributed by atoms with Gasteiger partial charge in [0.25, 0.3) is 0 Å². The van der Waals surface area contributed by atoms with Gasteiger partial charge in [0, 0.05) is 6.54 Å². The molecule has 2 aromatic rings. The number of nitriles is 1. The van der Waals surface area contributed by atoms with Crippen molar-refractivity contribution in [1.82, 2.24) is 4.37 Å². The molecule has 0 bridgehead atoms. The van der Waals surface area contributed by atoms with Crippen LogP contribution in [0.5, 0.6) is 0 Å². The highest BCUT2D eigenvalue weighted by Gasteiger charge is 2.20. The van der Waals surface area contributed by atoms with Crippen LogP contribution >= 0.6 is 23.1 Å². The van der Waals surface area contributed by atoms with Gasteiger partial charge in [-0.25, -0.2) is 0 Å². The molecule has 1 aromatic heterocycles. The number of aromatic nitrogens is 1. The summed E-state index contributed by atoms with van der Waals surface area (Å²) in [6.07, 6.45) is 3.41. The fourth-order valence-corrected chi connectivity index (χ4v) is 3.69. The van der Waals surface area contributed by atoms with Gasteiger partial charge in [0.1, 0.15) is 16.6 Å². The average Bonchev–Trinajstić information content (AvgIpc) is 3.02. The number of fused-ring (bicyclic) bond motifs is 1. The van der Waals surface area contributed by atoms with E-state index in [4.69, 9.17) is 16.9 Å². The molecule has 0 saturated carbocycles. The van der Waals surface area contributed by atoms with Crippen LogP contribution in [0.1, 0.15) is 23.1 Å². The van der Waals surface area contributed by atoms with Crippen molar-refractivity contribution in [2.75, 3.05) is 11.9 Å². The zero-order chi connectivity index (χ0) is 13.9. The maximum atomic E-state index is 9.01. The highest BCUT2D eigenvalue weighted by molar-refractivity contribution is 7.10. The Bertz CT molecular complexity index is 634. The van der Waals surface area contributed by atoms with Gasteiger partial charge in [-0.05, 0) is 47.8 Å². The van der Waals surface area contributed by atoms with Crippen molar-refractivity contribution < 1.29 is 0 Å². The number of halogens is 1. The molecule has 1 aromatic carbocycles. The molecule has 0 unspecified atom stereocenters. The summed E-state index contributed by atoms with van der Waals surface area (Å²) in [4.78, 5) is 0. The normalized spacial score (nSPS) is 14.0. The molecule has 1 heterocycles. The molecular weight excluding hydrogens is 290 g/mol. The van der Waals surface area contributed by atoms with E-state index in [2.05, 4.69) is 40.0 Å². The Balaban J connectivity index is 1.54. The second-order valence-corrected chi connectivity index (χ2v) is 6.18. The van der Waals surface area contributed by atoms with Crippen LogP contribution < -0.4 is 5.32 Å². The summed E-state index contributed by atoms with van der Waals surface area (Å²) in [5.74, 6) is 0.689. The van der Waals surface area contributed by atoms with Crippen LogP contribution in [-0.2, 0) is 12.8 Å². The van der Waals surface area contributed by atoms with Crippen LogP contribution in [0.4, 0.5) is 5.00 Å². The summed E-state index contributed by atoms with van der Waals surface area (Å²) in [5.41, 5.74) is 3.43. The van der Waals surface area contributed by atoms with E-state index in [1.54, 1.807) is 0 Å². The fraction of sp³-hybridized carbons (Fsp3) is 0.333. The second-order valence-electron chi connectivity index (χ2n) is 5.05. The summed E-state index contributed by atoms with van der Waals surface area (Å²) in [7, 11) is 0. The first-order valence-corrected chi connectivity index (χ1v) is 7.79. The van der Waals surface area contributed by atoms with E-state index < -0.39 is 0 Å². The van der Waals surface area contributed by atoms with Crippen molar-refractivity contribution in [2.45, 2.75) is 19.3 Å². The van der Waals surface area contributed by atoms with Gasteiger partial charge < -0.3 is 5.32 Å². The van der Waals surface area contributed by atoms with E-state index in [9.17, 15) is 0 Å². The lowest BCUT2D eigenvalue weighted by Crippen LogP contribution is -2.09. The molecule has 0 radical (unpaired) electrons. The molecule has 0 fully saturated rings. The molecular formula is C15H14ClN3S. The molecule has 5 heteroatoms. The molecule has 0 saturated heterocycles. The highest BCUT2D eigenvalue weighted by Crippen LogP contribution is 2.30. The number of rotatable bonds is 4. The zero-order valence-corrected chi connectivity index (χ0v) is 12.5. The molecule has 1 N–H and O–H groups in total. The van der Waals surface area contributed by atoms with Crippen molar-refractivity contribution in [3.8, 4) is 6.07 Å². The lowest BCUT2D eigenvalue weighted by Gasteiger charge is -2.09. The number of hydrogen-bond acceptors (Lipinski definition) is 4. The highest BCUT2D eigenvalue weighted by atomic mass is 35.5. The van der Waals surface area contributed by atoms with E-state index in [1.165, 1.54) is 22.7 Å². The van der Waals surface area contributed by atoms with Gasteiger partial charge in [-0.2, -0.15) is 9.64 Å². The van der Waals surface area contributed by atoms with E-state index in [0.717, 1.165) is 30.8 Å². The first-order chi connectivity index (χ1) is 9.78. The Kier molecular flexibility index (Phi) is 3.90. The molecule has 0 atom stereocenters. The molecule has 20 heavy (non-hydrogen) atoms. The largest absolute Gasteiger partial charge is 0.375 e. The Morgan fingerprint density at radius 3 is 2.70 bits per heavy atom. The monoisotopic (exact) mass is 303 g/mol. The maximum Gasteiger partial charge on any atom is 0.162 e. The van der Waals surface area contributed by atoms with Crippen LogP contribution in [0.2, 0.25) is 5.15 Å². The molecule has 3 nitrogen and oxygen atoms in total. The smallest absolute Gasteiger partial charge is 0.162 e. The Hall–Kier alpha value is -1.57. The molecule has 1 aliphatic carbocycles. The molecule has 0 spiro atoms. The van der Waals surface area contributed by atoms with Crippen LogP contribution in [0.15, 0.2) is 24.3 Å². The quantitative estimate of drug-likeness (QED) is 0.932. The summed E-state index contributed by atoms with van der Waals surface area (Å²) >= 11 is 7.10. The minimum Gasteiger partial charge on any atom is -0.375 e. The summed E-state index contributed by atoms with van der Waals surface area (Å²) in [6, 6.07) is 10.8. The predicted octanol–water partition coefficient (Wildman–Crippen LogP) is 3.89. The topological polar surface area (TPSA) is 48.7 Å². The number of benzene rings is 1. The van der Waals surface area contributed by atoms with E-state index in [0.29, 0.717) is 16.6 Å². The lowest BCUT2D eigenvalue weighted by atomic mass is 10.0. The van der Waals surface area contributed by atoms with Gasteiger partial charge in [0.15, 0.2) is 5.15 Å². The third kappa shape index (κ3) is 2.65. The van der Waals surface area contributed by atoms with Crippen molar-refractivity contribution >= 4 is 28.1 Å². The zero-order valence-electron chi connectivity index (χ0n) is 10.9. The van der Waals surface area contributed by atoms with E-state index in [1.807, 2.05) is 0 Å². The van der Waals surface area contributed by atoms with Crippen LogP contribution in [0, 0.1) is 17.2 Å². The summed E-state index contributed by atoms with van der Waals surface area (Å²) < 4.78 is 3.99. The average molecular weight is 304 g/mol. The van der Waals surface area contributed by atoms with Gasteiger partial charge >= 0.3 is 0 Å². The molecule has 1 aliphatic rings. The van der Waals surface area contributed by atoms with E-state index in [-0.39, 0.29) is 0 Å². The van der Waals surface area contributed by atoms with Crippen LogP contribution in [0.25, 0.3) is 0 Å².